The van der Waals surface area contributed by atoms with Gasteiger partial charge in [-0.25, -0.2) is 0 Å². The molecule has 0 atom stereocenters. The minimum absolute atomic E-state index is 0.204. The van der Waals surface area contributed by atoms with Crippen LogP contribution in [0.5, 0.6) is 0 Å². The average molecular weight is 333 g/mol. The zero-order valence-corrected chi connectivity index (χ0v) is 19.4. The van der Waals surface area contributed by atoms with Crippen molar-refractivity contribution in [3.63, 3.8) is 0 Å². The summed E-state index contributed by atoms with van der Waals surface area (Å²) in [6, 6.07) is 0. The summed E-state index contributed by atoms with van der Waals surface area (Å²) < 4.78 is 6.69. The quantitative estimate of drug-likeness (QED) is 0.664. The van der Waals surface area contributed by atoms with Crippen LogP contribution >= 0.6 is 0 Å². The topological polar surface area (TPSA) is 9.23 Å². The molecule has 0 aromatic rings. The van der Waals surface area contributed by atoms with Crippen LogP contribution in [-0.2, 0) is 4.43 Å². The van der Waals surface area contributed by atoms with Gasteiger partial charge in [0, 0.05) is 18.2 Å². The number of hydrogen-bond donors (Lipinski definition) is 0. The molecule has 0 bridgehead atoms. The monoisotopic (exact) mass is 332 g/mol. The zero-order valence-electron chi connectivity index (χ0n) is 15.4. The van der Waals surface area contributed by atoms with Crippen molar-refractivity contribution in [3.05, 3.63) is 0 Å². The molecule has 0 aromatic carbocycles. The first-order chi connectivity index (χ1) is 7.96. The molecule has 0 saturated heterocycles. The fraction of sp³-hybridized carbons (Fsp3) is 0.929. The maximum Gasteiger partial charge on any atom is 0.241 e. The lowest BCUT2D eigenvalue weighted by Crippen LogP contribution is -2.60. The predicted molar refractivity (Wildman–Crippen MR) is 101 cm³/mol. The third kappa shape index (κ3) is 6.69. The first-order valence-electron chi connectivity index (χ1n) is 7.41. The Balaban J connectivity index is 6.19. The summed E-state index contributed by atoms with van der Waals surface area (Å²) in [5.74, 6) is 0. The fourth-order valence-corrected chi connectivity index (χ4v) is 43.6. The second kappa shape index (κ2) is 5.73. The van der Waals surface area contributed by atoms with Crippen LogP contribution in [0, 0.1) is 5.41 Å². The van der Waals surface area contributed by atoms with E-state index in [0.29, 0.717) is 0 Å². The van der Waals surface area contributed by atoms with Crippen LogP contribution in [0.15, 0.2) is 0 Å². The van der Waals surface area contributed by atoms with Gasteiger partial charge >= 0.3 is 0 Å². The van der Waals surface area contributed by atoms with E-state index in [1.54, 1.807) is 0 Å². The second-order valence-electron chi connectivity index (χ2n) is 9.67. The van der Waals surface area contributed by atoms with Crippen LogP contribution in [0.4, 0.5) is 0 Å². The summed E-state index contributed by atoms with van der Waals surface area (Å²) in [4.78, 5) is 0. The van der Waals surface area contributed by atoms with E-state index in [-0.39, 0.29) is 5.41 Å². The molecule has 0 aliphatic carbocycles. The van der Waals surface area contributed by atoms with Gasteiger partial charge in [0.05, 0.1) is 15.2 Å². The third-order valence-corrected chi connectivity index (χ3v) is 32.0. The summed E-state index contributed by atoms with van der Waals surface area (Å²) in [5.41, 5.74) is 0.204. The fourth-order valence-electron chi connectivity index (χ4n) is 2.69. The molecule has 19 heavy (non-hydrogen) atoms. The van der Waals surface area contributed by atoms with Crippen molar-refractivity contribution in [2.75, 3.05) is 0 Å². The third-order valence-electron chi connectivity index (χ3n) is 2.82. The number of rotatable bonds is 4. The standard InChI is InChI=1S/C14H36OSi4/c1-14(2,3)13(15-17(4,5)6)16(18(7,8)9)19(10,11)12/h1-12H3. The van der Waals surface area contributed by atoms with Gasteiger partial charge in [-0.15, -0.1) is 0 Å². The Kier molecular flexibility index (Phi) is 5.89. The van der Waals surface area contributed by atoms with Crippen LogP contribution in [-0.4, -0.2) is 36.3 Å². The van der Waals surface area contributed by atoms with Crippen molar-refractivity contribution in [1.82, 2.24) is 0 Å². The first-order valence-corrected chi connectivity index (χ1v) is 21.3. The molecule has 0 aromatic heterocycles. The molecule has 0 amide bonds. The summed E-state index contributed by atoms with van der Waals surface area (Å²) in [7, 11) is -4.36. The van der Waals surface area contributed by atoms with Crippen LogP contribution in [0.3, 0.4) is 0 Å². The van der Waals surface area contributed by atoms with E-state index in [4.69, 9.17) is 4.43 Å². The molecule has 1 nitrogen and oxygen atoms in total. The Labute approximate surface area is 126 Å². The summed E-state index contributed by atoms with van der Waals surface area (Å²) in [6.07, 6.45) is 0. The summed E-state index contributed by atoms with van der Waals surface area (Å²) >= 11 is 0. The van der Waals surface area contributed by atoms with Crippen molar-refractivity contribution < 1.29 is 4.43 Å². The second-order valence-corrected chi connectivity index (χ2v) is 37.8. The van der Waals surface area contributed by atoms with Crippen molar-refractivity contribution in [2.45, 2.75) is 79.7 Å². The zero-order chi connectivity index (χ0) is 15.9. The molecule has 0 aliphatic rings. The van der Waals surface area contributed by atoms with Gasteiger partial charge in [-0.3, -0.25) is 0 Å². The first kappa shape index (κ1) is 19.5. The van der Waals surface area contributed by atoms with Crippen LogP contribution in [0.2, 0.25) is 58.9 Å². The lowest BCUT2D eigenvalue weighted by atomic mass is 9.99. The predicted octanol–water partition coefficient (Wildman–Crippen LogP) is 4.92. The Bertz CT molecular complexity index is 330. The van der Waals surface area contributed by atoms with E-state index in [0.717, 1.165) is 0 Å². The van der Waals surface area contributed by atoms with Crippen LogP contribution in [0.1, 0.15) is 20.8 Å². The molecular formula is C14H36OSi4. The van der Waals surface area contributed by atoms with Gasteiger partial charge in [-0.05, 0) is 19.6 Å². The molecule has 0 radical (unpaired) electrons. The average Bonchev–Trinajstić information content (AvgIpc) is 1.91. The van der Waals surface area contributed by atoms with Gasteiger partial charge in [0.1, 0.15) is 0 Å². The lowest BCUT2D eigenvalue weighted by molar-refractivity contribution is 0.446. The highest BCUT2D eigenvalue weighted by atomic mass is 29.6. The molecule has 0 unspecified atom stereocenters. The van der Waals surface area contributed by atoms with Gasteiger partial charge in [0.15, 0.2) is 0 Å². The SMILES string of the molecule is CC(C)(C)C(O[Si](C)(C)C)=[Si]([Si](C)(C)C)[Si](C)(C)C. The summed E-state index contributed by atoms with van der Waals surface area (Å²) in [6.45, 7) is 29.4. The van der Waals surface area contributed by atoms with Gasteiger partial charge < -0.3 is 4.43 Å². The Morgan fingerprint density at radius 1 is 0.737 bits per heavy atom. The van der Waals surface area contributed by atoms with E-state index in [9.17, 15) is 0 Å². The minimum Gasteiger partial charge on any atom is -0.552 e. The molecule has 114 valence electrons. The van der Waals surface area contributed by atoms with E-state index in [1.807, 2.05) is 0 Å². The minimum atomic E-state index is -1.52. The molecule has 0 spiro atoms. The van der Waals surface area contributed by atoms with Crippen molar-refractivity contribution in [1.29, 1.82) is 0 Å². The van der Waals surface area contributed by atoms with Crippen molar-refractivity contribution >= 4 is 36.3 Å². The summed E-state index contributed by atoms with van der Waals surface area (Å²) in [5, 5.41) is 1.52. The van der Waals surface area contributed by atoms with Crippen molar-refractivity contribution in [2.24, 2.45) is 5.41 Å². The Morgan fingerprint density at radius 2 is 1.05 bits per heavy atom. The van der Waals surface area contributed by atoms with E-state index in [1.165, 1.54) is 5.35 Å². The molecule has 0 N–H and O–H groups in total. The molecule has 0 saturated carbocycles. The maximum absolute atomic E-state index is 6.69. The van der Waals surface area contributed by atoms with Crippen molar-refractivity contribution in [3.8, 4) is 0 Å². The molecule has 0 fully saturated rings. The largest absolute Gasteiger partial charge is 0.552 e. The molecular weight excluding hydrogens is 296 g/mol. The molecule has 0 heterocycles. The van der Waals surface area contributed by atoms with Gasteiger partial charge in [-0.1, -0.05) is 60.1 Å². The van der Waals surface area contributed by atoms with E-state index in [2.05, 4.69) is 79.7 Å². The van der Waals surface area contributed by atoms with E-state index >= 15 is 0 Å². The molecule has 0 rings (SSSR count). The molecule has 0 aliphatic heterocycles. The van der Waals surface area contributed by atoms with E-state index < -0.39 is 30.9 Å². The van der Waals surface area contributed by atoms with Gasteiger partial charge in [-0.2, -0.15) is 0 Å². The van der Waals surface area contributed by atoms with Crippen LogP contribution in [0.25, 0.3) is 0 Å². The maximum atomic E-state index is 6.69. The highest BCUT2D eigenvalue weighted by molar-refractivity contribution is 7.60. The normalized spacial score (nSPS) is 14.3. The smallest absolute Gasteiger partial charge is 0.241 e. The number of hydrogen-bond acceptors (Lipinski definition) is 1. The Morgan fingerprint density at radius 3 is 1.21 bits per heavy atom. The van der Waals surface area contributed by atoms with Gasteiger partial charge in [0.2, 0.25) is 8.32 Å². The highest BCUT2D eigenvalue weighted by Gasteiger charge is 2.40. The highest BCUT2D eigenvalue weighted by Crippen LogP contribution is 2.25. The van der Waals surface area contributed by atoms with Gasteiger partial charge in [0.25, 0.3) is 0 Å². The van der Waals surface area contributed by atoms with Crippen LogP contribution < -0.4 is 0 Å². The Hall–Kier alpha value is 0.538. The molecule has 5 heteroatoms. The lowest BCUT2D eigenvalue weighted by Gasteiger charge is -2.40.